The predicted octanol–water partition coefficient (Wildman–Crippen LogP) is 3.08. The van der Waals surface area contributed by atoms with Crippen LogP contribution in [0.5, 0.6) is 11.5 Å². The van der Waals surface area contributed by atoms with E-state index < -0.39 is 0 Å². The van der Waals surface area contributed by atoms with Crippen molar-refractivity contribution in [1.29, 1.82) is 0 Å². The lowest BCUT2D eigenvalue weighted by Gasteiger charge is -2.38. The van der Waals surface area contributed by atoms with E-state index in [0.29, 0.717) is 6.04 Å². The zero-order chi connectivity index (χ0) is 13.9. The van der Waals surface area contributed by atoms with Gasteiger partial charge in [0, 0.05) is 6.04 Å². The summed E-state index contributed by atoms with van der Waals surface area (Å²) in [5.74, 6) is 2.81. The van der Waals surface area contributed by atoms with Crippen LogP contribution in [0.15, 0.2) is 18.2 Å². The van der Waals surface area contributed by atoms with Crippen LogP contribution in [0.25, 0.3) is 0 Å². The molecule has 4 heteroatoms. The Balaban J connectivity index is 2.14. The van der Waals surface area contributed by atoms with Crippen LogP contribution in [0.2, 0.25) is 0 Å². The molecule has 2 unspecified atom stereocenters. The Bertz CT molecular complexity index is 438. The SMILES string of the molecule is COc1ccc(CC2(C)NC(C)CCS2)cc1OC. The first-order chi connectivity index (χ1) is 9.06. The van der Waals surface area contributed by atoms with Gasteiger partial charge in [-0.05, 0) is 50.1 Å². The minimum absolute atomic E-state index is 0.108. The van der Waals surface area contributed by atoms with Crippen molar-refractivity contribution < 1.29 is 9.47 Å². The molecule has 1 fully saturated rings. The molecule has 1 aromatic carbocycles. The molecule has 106 valence electrons. The lowest BCUT2D eigenvalue weighted by atomic mass is 10.0. The summed E-state index contributed by atoms with van der Waals surface area (Å²) in [6.07, 6.45) is 2.23. The number of thioether (sulfide) groups is 1. The average Bonchev–Trinajstić information content (AvgIpc) is 2.37. The molecule has 1 saturated heterocycles. The summed E-state index contributed by atoms with van der Waals surface area (Å²) in [6, 6.07) is 6.76. The van der Waals surface area contributed by atoms with E-state index >= 15 is 0 Å². The van der Waals surface area contributed by atoms with E-state index in [1.807, 2.05) is 17.8 Å². The molecular weight excluding hydrogens is 258 g/mol. The molecule has 0 saturated carbocycles. The summed E-state index contributed by atoms with van der Waals surface area (Å²) in [5.41, 5.74) is 1.27. The fourth-order valence-corrected chi connectivity index (χ4v) is 4.05. The Morgan fingerprint density at radius 1 is 1.32 bits per heavy atom. The highest BCUT2D eigenvalue weighted by Crippen LogP contribution is 2.34. The second-order valence-electron chi connectivity index (χ2n) is 5.28. The van der Waals surface area contributed by atoms with Crippen molar-refractivity contribution in [3.05, 3.63) is 23.8 Å². The summed E-state index contributed by atoms with van der Waals surface area (Å²) in [4.78, 5) is 0.108. The third-order valence-corrected chi connectivity index (χ3v) is 4.85. The largest absolute Gasteiger partial charge is 0.493 e. The molecule has 0 radical (unpaired) electrons. The lowest BCUT2D eigenvalue weighted by molar-refractivity contribution is 0.353. The summed E-state index contributed by atoms with van der Waals surface area (Å²) in [5, 5.41) is 3.70. The van der Waals surface area contributed by atoms with Gasteiger partial charge >= 0.3 is 0 Å². The normalized spacial score (nSPS) is 27.1. The predicted molar refractivity (Wildman–Crippen MR) is 81.3 cm³/mol. The van der Waals surface area contributed by atoms with Crippen LogP contribution in [0.1, 0.15) is 25.8 Å². The monoisotopic (exact) mass is 281 g/mol. The number of hydrogen-bond donors (Lipinski definition) is 1. The highest BCUT2D eigenvalue weighted by molar-refractivity contribution is 8.00. The van der Waals surface area contributed by atoms with Gasteiger partial charge in [0.2, 0.25) is 0 Å². The Labute approximate surface area is 120 Å². The van der Waals surface area contributed by atoms with Gasteiger partial charge < -0.3 is 14.8 Å². The van der Waals surface area contributed by atoms with Crippen LogP contribution in [0.3, 0.4) is 0 Å². The van der Waals surface area contributed by atoms with Crippen molar-refractivity contribution >= 4 is 11.8 Å². The molecule has 3 nitrogen and oxygen atoms in total. The summed E-state index contributed by atoms with van der Waals surface area (Å²) in [6.45, 7) is 4.54. The van der Waals surface area contributed by atoms with Crippen LogP contribution >= 0.6 is 11.8 Å². The maximum absolute atomic E-state index is 5.37. The number of ether oxygens (including phenoxy) is 2. The van der Waals surface area contributed by atoms with E-state index in [0.717, 1.165) is 17.9 Å². The van der Waals surface area contributed by atoms with Crippen molar-refractivity contribution in [2.45, 2.75) is 37.6 Å². The molecule has 1 N–H and O–H groups in total. The Morgan fingerprint density at radius 3 is 2.68 bits per heavy atom. The first-order valence-electron chi connectivity index (χ1n) is 6.69. The van der Waals surface area contributed by atoms with Gasteiger partial charge in [-0.15, -0.1) is 11.8 Å². The molecule has 2 atom stereocenters. The molecule has 0 amide bonds. The minimum Gasteiger partial charge on any atom is -0.493 e. The Hall–Kier alpha value is -0.870. The molecular formula is C15H23NO2S. The highest BCUT2D eigenvalue weighted by atomic mass is 32.2. The summed E-state index contributed by atoms with van der Waals surface area (Å²) >= 11 is 2.00. The topological polar surface area (TPSA) is 30.5 Å². The number of methoxy groups -OCH3 is 2. The molecule has 19 heavy (non-hydrogen) atoms. The fraction of sp³-hybridized carbons (Fsp3) is 0.600. The van der Waals surface area contributed by atoms with E-state index in [2.05, 4.69) is 31.3 Å². The van der Waals surface area contributed by atoms with E-state index in [1.165, 1.54) is 17.7 Å². The number of rotatable bonds is 4. The van der Waals surface area contributed by atoms with E-state index in [9.17, 15) is 0 Å². The molecule has 0 aliphatic carbocycles. The molecule has 1 aromatic rings. The Kier molecular flexibility index (Phi) is 4.63. The van der Waals surface area contributed by atoms with Gasteiger partial charge in [0.25, 0.3) is 0 Å². The fourth-order valence-electron chi connectivity index (χ4n) is 2.58. The first kappa shape index (κ1) is 14.5. The number of hydrogen-bond acceptors (Lipinski definition) is 4. The molecule has 1 aliphatic heterocycles. The van der Waals surface area contributed by atoms with Gasteiger partial charge in [-0.25, -0.2) is 0 Å². The first-order valence-corrected chi connectivity index (χ1v) is 7.67. The maximum atomic E-state index is 5.37. The van der Waals surface area contributed by atoms with Crippen molar-refractivity contribution in [3.8, 4) is 11.5 Å². The second-order valence-corrected chi connectivity index (χ2v) is 6.88. The molecule has 0 bridgehead atoms. The van der Waals surface area contributed by atoms with Crippen LogP contribution in [0.4, 0.5) is 0 Å². The number of nitrogens with one attached hydrogen (secondary N) is 1. The van der Waals surface area contributed by atoms with Crippen molar-refractivity contribution in [3.63, 3.8) is 0 Å². The molecule has 1 aliphatic rings. The number of benzene rings is 1. The second kappa shape index (κ2) is 6.06. The van der Waals surface area contributed by atoms with Crippen LogP contribution in [-0.4, -0.2) is 30.9 Å². The van der Waals surface area contributed by atoms with Crippen LogP contribution in [0, 0.1) is 0 Å². The third kappa shape index (κ3) is 3.57. The van der Waals surface area contributed by atoms with Gasteiger partial charge in [-0.2, -0.15) is 0 Å². The molecule has 0 spiro atoms. The maximum Gasteiger partial charge on any atom is 0.160 e. The molecule has 0 aromatic heterocycles. The smallest absolute Gasteiger partial charge is 0.160 e. The standard InChI is InChI=1S/C15H23NO2S/c1-11-7-8-19-15(2,16-11)10-12-5-6-13(17-3)14(9-12)18-4/h5-6,9,11,16H,7-8,10H2,1-4H3. The average molecular weight is 281 g/mol. The van der Waals surface area contributed by atoms with E-state index in [-0.39, 0.29) is 4.87 Å². The zero-order valence-corrected chi connectivity index (χ0v) is 13.0. The van der Waals surface area contributed by atoms with Gasteiger partial charge in [0.1, 0.15) is 0 Å². The zero-order valence-electron chi connectivity index (χ0n) is 12.2. The minimum atomic E-state index is 0.108. The van der Waals surface area contributed by atoms with Crippen LogP contribution < -0.4 is 14.8 Å². The van der Waals surface area contributed by atoms with Crippen LogP contribution in [-0.2, 0) is 6.42 Å². The Morgan fingerprint density at radius 2 is 2.05 bits per heavy atom. The van der Waals surface area contributed by atoms with Gasteiger partial charge in [-0.3, -0.25) is 0 Å². The summed E-state index contributed by atoms with van der Waals surface area (Å²) < 4.78 is 10.6. The van der Waals surface area contributed by atoms with Gasteiger partial charge in [0.15, 0.2) is 11.5 Å². The van der Waals surface area contributed by atoms with E-state index in [4.69, 9.17) is 9.47 Å². The highest BCUT2D eigenvalue weighted by Gasteiger charge is 2.30. The quantitative estimate of drug-likeness (QED) is 0.919. The molecule has 1 heterocycles. The van der Waals surface area contributed by atoms with Crippen molar-refractivity contribution in [2.75, 3.05) is 20.0 Å². The van der Waals surface area contributed by atoms with Gasteiger partial charge in [-0.1, -0.05) is 6.07 Å². The van der Waals surface area contributed by atoms with Crippen molar-refractivity contribution in [1.82, 2.24) is 5.32 Å². The molecule has 2 rings (SSSR count). The van der Waals surface area contributed by atoms with Crippen molar-refractivity contribution in [2.24, 2.45) is 0 Å². The van der Waals surface area contributed by atoms with Gasteiger partial charge in [0.05, 0.1) is 19.1 Å². The lowest BCUT2D eigenvalue weighted by Crippen LogP contribution is -2.49. The summed E-state index contributed by atoms with van der Waals surface area (Å²) in [7, 11) is 3.35. The van der Waals surface area contributed by atoms with E-state index in [1.54, 1.807) is 14.2 Å². The third-order valence-electron chi connectivity index (χ3n) is 3.51.